The molecule has 0 heterocycles. The summed E-state index contributed by atoms with van der Waals surface area (Å²) in [6, 6.07) is -0.316. The van der Waals surface area contributed by atoms with Crippen LogP contribution in [0.1, 0.15) is 132 Å². The van der Waals surface area contributed by atoms with Crippen molar-refractivity contribution in [2.75, 3.05) is 46.2 Å². The van der Waals surface area contributed by atoms with Crippen LogP contribution in [0.3, 0.4) is 0 Å². The minimum atomic E-state index is -0.973. The second-order valence-corrected chi connectivity index (χ2v) is 19.7. The van der Waals surface area contributed by atoms with Gasteiger partial charge in [0.15, 0.2) is 0 Å². The van der Waals surface area contributed by atoms with Gasteiger partial charge in [0, 0.05) is 37.5 Å². The zero-order valence-electron chi connectivity index (χ0n) is 37.3. The molecule has 60 heavy (non-hydrogen) atoms. The molecule has 4 atom stereocenters. The van der Waals surface area contributed by atoms with Gasteiger partial charge in [-0.2, -0.15) is 0 Å². The number of ketones is 1. The van der Waals surface area contributed by atoms with Gasteiger partial charge in [0.1, 0.15) is 26.4 Å². The molecule has 3 N–H and O–H groups in total. The van der Waals surface area contributed by atoms with Crippen molar-refractivity contribution in [3.05, 3.63) is 12.2 Å². The Bertz CT molecular complexity index is 1430. The molecule has 0 aromatic carbocycles. The SMILES string of the molecule is C=C(C)C(=O)OCCOC(=O)NC1CC(C)(C)CC(C)(CNC(=O)OCC2CCC(COC(=O)CCC3(C)CC(NC(=O)OCCOC(=O)C(C)=O)CC(C)(C)C3)CC2)C1. The van der Waals surface area contributed by atoms with Crippen LogP contribution in [-0.4, -0.2) is 100 Å². The number of rotatable bonds is 19. The highest BCUT2D eigenvalue weighted by Gasteiger charge is 2.43. The summed E-state index contributed by atoms with van der Waals surface area (Å²) in [7, 11) is 0. The van der Waals surface area contributed by atoms with Crippen LogP contribution >= 0.6 is 0 Å². The second kappa shape index (κ2) is 22.5. The molecule has 4 unspecified atom stereocenters. The molecule has 3 aliphatic rings. The largest absolute Gasteiger partial charge is 0.465 e. The topological polar surface area (TPSA) is 211 Å². The molecule has 16 heteroatoms. The van der Waals surface area contributed by atoms with E-state index >= 15 is 0 Å². The van der Waals surface area contributed by atoms with Gasteiger partial charge in [0.25, 0.3) is 0 Å². The van der Waals surface area contributed by atoms with E-state index in [9.17, 15) is 33.6 Å². The summed E-state index contributed by atoms with van der Waals surface area (Å²) in [4.78, 5) is 84.3. The monoisotopic (exact) mass is 849 g/mol. The zero-order chi connectivity index (χ0) is 44.7. The first-order valence-corrected chi connectivity index (χ1v) is 21.4. The van der Waals surface area contributed by atoms with E-state index in [-0.39, 0.29) is 90.0 Å². The number of carbonyl (C=O) groups excluding carboxylic acids is 7. The fourth-order valence-electron chi connectivity index (χ4n) is 9.76. The van der Waals surface area contributed by atoms with E-state index in [2.05, 4.69) is 64.1 Å². The standard InChI is InChI=1S/C44H71N3O13/c1-29(2)36(50)55-16-18-57-40(54)47-34-21-42(6,7)27-44(9,23-34)28-45-38(52)60-25-32-12-10-31(11-13-32)24-59-35(49)14-15-43(8)22-33(20-41(4,5)26-43)46-39(53)58-19-17-56-37(51)30(3)48/h31-34H,1,10-28H2,2-9H3,(H,45,52)(H,46,53)(H,47,54). The Balaban J connectivity index is 1.31. The molecule has 0 spiro atoms. The molecule has 3 fully saturated rings. The molecule has 0 aromatic heterocycles. The Morgan fingerprint density at radius 1 is 0.567 bits per heavy atom. The first-order valence-electron chi connectivity index (χ1n) is 21.4. The average Bonchev–Trinajstić information content (AvgIpc) is 3.13. The molecule has 0 aliphatic heterocycles. The van der Waals surface area contributed by atoms with E-state index in [0.29, 0.717) is 39.0 Å². The maximum Gasteiger partial charge on any atom is 0.407 e. The van der Waals surface area contributed by atoms with Crippen molar-refractivity contribution < 1.29 is 62.0 Å². The van der Waals surface area contributed by atoms with Crippen LogP contribution in [0.25, 0.3) is 0 Å². The van der Waals surface area contributed by atoms with Crippen LogP contribution in [0.15, 0.2) is 12.2 Å². The van der Waals surface area contributed by atoms with Crippen molar-refractivity contribution in [1.29, 1.82) is 0 Å². The first kappa shape index (κ1) is 50.0. The Morgan fingerprint density at radius 2 is 1.02 bits per heavy atom. The quantitative estimate of drug-likeness (QED) is 0.0406. The summed E-state index contributed by atoms with van der Waals surface area (Å²) in [5.74, 6) is -1.98. The number of hydrogen-bond acceptors (Lipinski definition) is 13. The van der Waals surface area contributed by atoms with Gasteiger partial charge in [-0.15, -0.1) is 0 Å². The third-order valence-corrected chi connectivity index (χ3v) is 11.8. The summed E-state index contributed by atoms with van der Waals surface area (Å²) in [5.41, 5.74) is -0.381. The molecular formula is C44H71N3O13. The lowest BCUT2D eigenvalue weighted by Crippen LogP contribution is -2.50. The minimum absolute atomic E-state index is 0.0570. The number of hydrogen-bond donors (Lipinski definition) is 3. The fourth-order valence-corrected chi connectivity index (χ4v) is 9.76. The van der Waals surface area contributed by atoms with Crippen LogP contribution in [0.4, 0.5) is 14.4 Å². The van der Waals surface area contributed by atoms with Gasteiger partial charge in [0.05, 0.1) is 13.2 Å². The van der Waals surface area contributed by atoms with Crippen molar-refractivity contribution in [3.63, 3.8) is 0 Å². The number of amides is 3. The lowest BCUT2D eigenvalue weighted by atomic mass is 9.61. The van der Waals surface area contributed by atoms with Crippen molar-refractivity contribution >= 4 is 42.0 Å². The lowest BCUT2D eigenvalue weighted by molar-refractivity contribution is -0.153. The number of esters is 3. The molecule has 3 amide bonds. The van der Waals surface area contributed by atoms with E-state index in [1.165, 1.54) is 0 Å². The molecule has 16 nitrogen and oxygen atoms in total. The van der Waals surface area contributed by atoms with Gasteiger partial charge in [-0.3, -0.25) is 9.59 Å². The van der Waals surface area contributed by atoms with E-state index < -0.39 is 36.0 Å². The normalized spacial score (nSPS) is 26.9. The molecule has 3 aliphatic carbocycles. The van der Waals surface area contributed by atoms with E-state index in [4.69, 9.17) is 28.4 Å². The number of alkyl carbamates (subject to hydrolysis) is 3. The summed E-state index contributed by atoms with van der Waals surface area (Å²) >= 11 is 0. The van der Waals surface area contributed by atoms with Gasteiger partial charge in [-0.25, -0.2) is 24.0 Å². The summed E-state index contributed by atoms with van der Waals surface area (Å²) in [6.45, 7) is 19.5. The lowest BCUT2D eigenvalue weighted by Gasteiger charge is -2.46. The highest BCUT2D eigenvalue weighted by molar-refractivity contribution is 6.32. The van der Waals surface area contributed by atoms with Crippen molar-refractivity contribution in [1.82, 2.24) is 16.0 Å². The number of nitrogens with one attached hydrogen (secondary N) is 3. The Hall–Kier alpha value is -4.37. The Morgan fingerprint density at radius 3 is 1.52 bits per heavy atom. The van der Waals surface area contributed by atoms with Crippen LogP contribution in [0.5, 0.6) is 0 Å². The molecule has 0 radical (unpaired) electrons. The molecular weight excluding hydrogens is 778 g/mol. The highest BCUT2D eigenvalue weighted by atomic mass is 16.6. The third kappa shape index (κ3) is 18.5. The maximum atomic E-state index is 12.9. The van der Waals surface area contributed by atoms with E-state index in [0.717, 1.165) is 58.3 Å². The smallest absolute Gasteiger partial charge is 0.407 e. The summed E-state index contributed by atoms with van der Waals surface area (Å²) < 4.78 is 31.4. The highest BCUT2D eigenvalue weighted by Crippen LogP contribution is 2.49. The number of carbonyl (C=O) groups is 7. The van der Waals surface area contributed by atoms with Gasteiger partial charge in [-0.05, 0) is 111 Å². The van der Waals surface area contributed by atoms with Gasteiger partial charge in [0.2, 0.25) is 5.78 Å². The van der Waals surface area contributed by atoms with Crippen LogP contribution in [0, 0.1) is 33.5 Å². The molecule has 0 bridgehead atoms. The molecule has 3 saturated carbocycles. The van der Waals surface area contributed by atoms with Gasteiger partial charge >= 0.3 is 36.2 Å². The minimum Gasteiger partial charge on any atom is -0.465 e. The van der Waals surface area contributed by atoms with Crippen LogP contribution < -0.4 is 16.0 Å². The van der Waals surface area contributed by atoms with Gasteiger partial charge < -0.3 is 44.4 Å². The molecule has 3 rings (SSSR count). The second-order valence-electron chi connectivity index (χ2n) is 19.7. The van der Waals surface area contributed by atoms with E-state index in [1.54, 1.807) is 6.92 Å². The fraction of sp³-hybridized carbons (Fsp3) is 0.795. The molecule has 0 saturated heterocycles. The maximum absolute atomic E-state index is 12.9. The van der Waals surface area contributed by atoms with Crippen LogP contribution in [-0.2, 0) is 47.6 Å². The Kier molecular flexibility index (Phi) is 18.7. The van der Waals surface area contributed by atoms with Crippen molar-refractivity contribution in [2.24, 2.45) is 33.5 Å². The third-order valence-electron chi connectivity index (χ3n) is 11.8. The molecule has 340 valence electrons. The Labute approximate surface area is 355 Å². The average molecular weight is 850 g/mol. The predicted octanol–water partition coefficient (Wildman–Crippen LogP) is 6.72. The van der Waals surface area contributed by atoms with E-state index in [1.807, 2.05) is 0 Å². The summed E-state index contributed by atoms with van der Waals surface area (Å²) in [6.07, 6.45) is 7.28. The summed E-state index contributed by atoms with van der Waals surface area (Å²) in [5, 5.41) is 8.80. The zero-order valence-corrected chi connectivity index (χ0v) is 37.3. The number of ether oxygens (including phenoxy) is 6. The van der Waals surface area contributed by atoms with Crippen molar-refractivity contribution in [3.8, 4) is 0 Å². The number of Topliss-reactive ketones (excluding diaryl/α,β-unsaturated/α-hetero) is 1. The van der Waals surface area contributed by atoms with Crippen molar-refractivity contribution in [2.45, 2.75) is 145 Å². The van der Waals surface area contributed by atoms with Crippen LogP contribution in [0.2, 0.25) is 0 Å². The predicted molar refractivity (Wildman–Crippen MR) is 220 cm³/mol. The molecule has 0 aromatic rings. The first-order chi connectivity index (χ1) is 28.0. The van der Waals surface area contributed by atoms with Gasteiger partial charge in [-0.1, -0.05) is 48.1 Å².